The third kappa shape index (κ3) is 2.36. The van der Waals surface area contributed by atoms with E-state index in [0.29, 0.717) is 12.1 Å². The second kappa shape index (κ2) is 5.02. The molecule has 18 heavy (non-hydrogen) atoms. The number of anilines is 1. The molecular formula is C15H23N3. The number of rotatable bonds is 4. The molecule has 0 unspecified atom stereocenters. The van der Waals surface area contributed by atoms with Gasteiger partial charge in [0.2, 0.25) is 0 Å². The Bertz CT molecular complexity index is 538. The van der Waals surface area contributed by atoms with Crippen molar-refractivity contribution in [2.45, 2.75) is 46.3 Å². The normalized spacial score (nSPS) is 11.9. The molecule has 1 heterocycles. The minimum absolute atomic E-state index is 0.446. The summed E-state index contributed by atoms with van der Waals surface area (Å²) in [6, 6.07) is 7.07. The molecule has 3 N–H and O–H groups in total. The zero-order valence-corrected chi connectivity index (χ0v) is 11.7. The first-order valence-electron chi connectivity index (χ1n) is 6.62. The topological polar surface area (TPSA) is 43.0 Å². The SMILES string of the molecule is CC(C)NCc1cn(C(C)C)c2cccc(N)c12. The molecule has 0 aliphatic carbocycles. The molecule has 2 aromatic rings. The largest absolute Gasteiger partial charge is 0.398 e. The van der Waals surface area contributed by atoms with Crippen LogP contribution in [0.15, 0.2) is 24.4 Å². The fraction of sp³-hybridized carbons (Fsp3) is 0.467. The van der Waals surface area contributed by atoms with E-state index < -0.39 is 0 Å². The number of nitrogens with two attached hydrogens (primary N) is 1. The lowest BCUT2D eigenvalue weighted by Crippen LogP contribution is -2.21. The monoisotopic (exact) mass is 245 g/mol. The van der Waals surface area contributed by atoms with Gasteiger partial charge in [-0.05, 0) is 31.5 Å². The van der Waals surface area contributed by atoms with Crippen LogP contribution in [0.1, 0.15) is 39.3 Å². The predicted octanol–water partition coefficient (Wildman–Crippen LogP) is 3.30. The molecule has 0 aliphatic heterocycles. The maximum Gasteiger partial charge on any atom is 0.0506 e. The number of nitrogens with one attached hydrogen (secondary N) is 1. The summed E-state index contributed by atoms with van der Waals surface area (Å²) in [4.78, 5) is 0. The third-order valence-electron chi connectivity index (χ3n) is 3.23. The molecule has 2 rings (SSSR count). The van der Waals surface area contributed by atoms with E-state index in [2.05, 4.69) is 49.8 Å². The summed E-state index contributed by atoms with van der Waals surface area (Å²) in [5, 5.41) is 4.66. The van der Waals surface area contributed by atoms with Crippen molar-refractivity contribution in [2.75, 3.05) is 5.73 Å². The molecule has 0 radical (unpaired) electrons. The summed E-state index contributed by atoms with van der Waals surface area (Å²) >= 11 is 0. The zero-order chi connectivity index (χ0) is 13.3. The highest BCUT2D eigenvalue weighted by Crippen LogP contribution is 2.29. The number of hydrogen-bond donors (Lipinski definition) is 2. The molecule has 3 nitrogen and oxygen atoms in total. The molecule has 1 aromatic carbocycles. The molecule has 1 aromatic heterocycles. The van der Waals surface area contributed by atoms with Crippen LogP contribution < -0.4 is 11.1 Å². The van der Waals surface area contributed by atoms with Gasteiger partial charge in [0.15, 0.2) is 0 Å². The van der Waals surface area contributed by atoms with Gasteiger partial charge in [0.25, 0.3) is 0 Å². The molecular weight excluding hydrogens is 222 g/mol. The highest BCUT2D eigenvalue weighted by atomic mass is 15.0. The predicted molar refractivity (Wildman–Crippen MR) is 78.7 cm³/mol. The maximum absolute atomic E-state index is 6.14. The minimum atomic E-state index is 0.446. The van der Waals surface area contributed by atoms with Gasteiger partial charge < -0.3 is 15.6 Å². The standard InChI is InChI=1S/C15H23N3/c1-10(2)17-8-12-9-18(11(3)4)14-7-5-6-13(16)15(12)14/h5-7,9-11,17H,8,16H2,1-4H3. The van der Waals surface area contributed by atoms with Crippen molar-refractivity contribution in [2.24, 2.45) is 0 Å². The molecule has 0 saturated carbocycles. The molecule has 0 fully saturated rings. The molecule has 0 bridgehead atoms. The van der Waals surface area contributed by atoms with Gasteiger partial charge in [-0.15, -0.1) is 0 Å². The summed E-state index contributed by atoms with van der Waals surface area (Å²) in [5.74, 6) is 0. The number of fused-ring (bicyclic) bond motifs is 1. The molecule has 3 heteroatoms. The quantitative estimate of drug-likeness (QED) is 0.812. The van der Waals surface area contributed by atoms with E-state index in [0.717, 1.165) is 12.2 Å². The first kappa shape index (κ1) is 13.0. The maximum atomic E-state index is 6.14. The van der Waals surface area contributed by atoms with Gasteiger partial charge >= 0.3 is 0 Å². The van der Waals surface area contributed by atoms with Crippen molar-refractivity contribution < 1.29 is 0 Å². The Balaban J connectivity index is 2.52. The molecule has 0 atom stereocenters. The van der Waals surface area contributed by atoms with Crippen LogP contribution in [-0.2, 0) is 6.54 Å². The van der Waals surface area contributed by atoms with Crippen LogP contribution in [0, 0.1) is 0 Å². The Hall–Kier alpha value is -1.48. The lowest BCUT2D eigenvalue weighted by Gasteiger charge is -2.08. The van der Waals surface area contributed by atoms with Gasteiger partial charge in [-0.2, -0.15) is 0 Å². The van der Waals surface area contributed by atoms with Crippen molar-refractivity contribution in [1.82, 2.24) is 9.88 Å². The van der Waals surface area contributed by atoms with E-state index in [4.69, 9.17) is 5.73 Å². The van der Waals surface area contributed by atoms with E-state index in [1.54, 1.807) is 0 Å². The van der Waals surface area contributed by atoms with Crippen molar-refractivity contribution in [3.8, 4) is 0 Å². The van der Waals surface area contributed by atoms with Gasteiger partial charge in [-0.1, -0.05) is 19.9 Å². The minimum Gasteiger partial charge on any atom is -0.398 e. The fourth-order valence-electron chi connectivity index (χ4n) is 2.30. The number of aromatic nitrogens is 1. The van der Waals surface area contributed by atoms with Crippen LogP contribution in [0.4, 0.5) is 5.69 Å². The van der Waals surface area contributed by atoms with Gasteiger partial charge in [0.05, 0.1) is 5.52 Å². The number of nitrogen functional groups attached to an aromatic ring is 1. The first-order valence-corrected chi connectivity index (χ1v) is 6.62. The summed E-state index contributed by atoms with van der Waals surface area (Å²) in [5.41, 5.74) is 9.51. The Morgan fingerprint density at radius 1 is 1.22 bits per heavy atom. The van der Waals surface area contributed by atoms with E-state index >= 15 is 0 Å². The lowest BCUT2D eigenvalue weighted by molar-refractivity contribution is 0.583. The lowest BCUT2D eigenvalue weighted by atomic mass is 10.1. The van der Waals surface area contributed by atoms with Crippen molar-refractivity contribution in [3.05, 3.63) is 30.0 Å². The van der Waals surface area contributed by atoms with Gasteiger partial charge in [-0.25, -0.2) is 0 Å². The highest BCUT2D eigenvalue weighted by molar-refractivity contribution is 5.94. The average molecular weight is 245 g/mol. The van der Waals surface area contributed by atoms with Crippen LogP contribution in [0.3, 0.4) is 0 Å². The Labute approximate surface area is 109 Å². The smallest absolute Gasteiger partial charge is 0.0506 e. The summed E-state index contributed by atoms with van der Waals surface area (Å²) in [6.45, 7) is 9.57. The van der Waals surface area contributed by atoms with E-state index in [1.807, 2.05) is 12.1 Å². The van der Waals surface area contributed by atoms with Crippen LogP contribution in [0.5, 0.6) is 0 Å². The average Bonchev–Trinajstić information content (AvgIpc) is 2.67. The summed E-state index contributed by atoms with van der Waals surface area (Å²) in [6.07, 6.45) is 2.22. The van der Waals surface area contributed by atoms with Gasteiger partial charge in [-0.3, -0.25) is 0 Å². The second-order valence-corrected chi connectivity index (χ2v) is 5.43. The first-order chi connectivity index (χ1) is 8.50. The van der Waals surface area contributed by atoms with Crippen LogP contribution in [-0.4, -0.2) is 10.6 Å². The fourth-order valence-corrected chi connectivity index (χ4v) is 2.30. The van der Waals surface area contributed by atoms with Crippen molar-refractivity contribution in [1.29, 1.82) is 0 Å². The zero-order valence-electron chi connectivity index (χ0n) is 11.7. The summed E-state index contributed by atoms with van der Waals surface area (Å²) < 4.78 is 2.29. The van der Waals surface area contributed by atoms with Crippen molar-refractivity contribution >= 4 is 16.6 Å². The molecule has 0 spiro atoms. The summed E-state index contributed by atoms with van der Waals surface area (Å²) in [7, 11) is 0. The third-order valence-corrected chi connectivity index (χ3v) is 3.23. The Morgan fingerprint density at radius 2 is 1.94 bits per heavy atom. The highest BCUT2D eigenvalue weighted by Gasteiger charge is 2.12. The van der Waals surface area contributed by atoms with E-state index in [1.165, 1.54) is 16.5 Å². The van der Waals surface area contributed by atoms with Crippen LogP contribution >= 0.6 is 0 Å². The van der Waals surface area contributed by atoms with Crippen LogP contribution in [0.25, 0.3) is 10.9 Å². The molecule has 0 aliphatic rings. The van der Waals surface area contributed by atoms with E-state index in [-0.39, 0.29) is 0 Å². The van der Waals surface area contributed by atoms with Gasteiger partial charge in [0.1, 0.15) is 0 Å². The van der Waals surface area contributed by atoms with Gasteiger partial charge in [0, 0.05) is 35.9 Å². The number of hydrogen-bond acceptors (Lipinski definition) is 2. The Morgan fingerprint density at radius 3 is 2.56 bits per heavy atom. The molecule has 0 saturated heterocycles. The second-order valence-electron chi connectivity index (χ2n) is 5.43. The number of benzene rings is 1. The Kier molecular flexibility index (Phi) is 3.62. The number of nitrogens with zero attached hydrogens (tertiary/aromatic N) is 1. The molecule has 98 valence electrons. The van der Waals surface area contributed by atoms with Crippen molar-refractivity contribution in [3.63, 3.8) is 0 Å². The molecule has 0 amide bonds. The van der Waals surface area contributed by atoms with E-state index in [9.17, 15) is 0 Å². The van der Waals surface area contributed by atoms with Crippen LogP contribution in [0.2, 0.25) is 0 Å².